The van der Waals surface area contributed by atoms with Gasteiger partial charge in [0.1, 0.15) is 0 Å². The van der Waals surface area contributed by atoms with Crippen LogP contribution in [0.5, 0.6) is 0 Å². The second kappa shape index (κ2) is 7.58. The molecule has 0 bridgehead atoms. The Morgan fingerprint density at radius 3 is 2.71 bits per heavy atom. The van der Waals surface area contributed by atoms with Crippen LogP contribution in [0, 0.1) is 0 Å². The lowest BCUT2D eigenvalue weighted by Gasteiger charge is -2.13. The maximum Gasteiger partial charge on any atom is 0.314 e. The third-order valence-corrected chi connectivity index (χ3v) is 3.32. The molecule has 6 heteroatoms. The van der Waals surface area contributed by atoms with Gasteiger partial charge in [-0.1, -0.05) is 19.1 Å². The van der Waals surface area contributed by atoms with Crippen molar-refractivity contribution >= 4 is 27.1 Å². The Morgan fingerprint density at radius 1 is 1.53 bits per heavy atom. The van der Waals surface area contributed by atoms with Crippen molar-refractivity contribution in [2.45, 2.75) is 30.9 Å². The van der Waals surface area contributed by atoms with Gasteiger partial charge in [-0.25, -0.2) is 4.98 Å². The summed E-state index contributed by atoms with van der Waals surface area (Å²) in [6.07, 6.45) is 3.80. The van der Waals surface area contributed by atoms with Gasteiger partial charge >= 0.3 is 10.1 Å². The molecule has 17 heavy (non-hydrogen) atoms. The van der Waals surface area contributed by atoms with Gasteiger partial charge in [0.25, 0.3) is 0 Å². The Kier molecular flexibility index (Phi) is 7.26. The van der Waals surface area contributed by atoms with Crippen LogP contribution >= 0.6 is 17.0 Å². The second-order valence-corrected chi connectivity index (χ2v) is 4.79. The fourth-order valence-electron chi connectivity index (χ4n) is 1.18. The largest absolute Gasteiger partial charge is 0.314 e. The van der Waals surface area contributed by atoms with Crippen LogP contribution in [-0.2, 0) is 14.3 Å². The zero-order valence-electron chi connectivity index (χ0n) is 9.57. The first-order valence-electron chi connectivity index (χ1n) is 5.05. The Morgan fingerprint density at radius 2 is 2.24 bits per heavy atom. The summed E-state index contributed by atoms with van der Waals surface area (Å²) in [5.74, 6) is 0. The predicted molar refractivity (Wildman–Crippen MR) is 71.7 cm³/mol. The van der Waals surface area contributed by atoms with E-state index in [1.165, 1.54) is 12.3 Å². The molecule has 0 saturated heterocycles. The van der Waals surface area contributed by atoms with Crippen molar-refractivity contribution in [3.05, 3.63) is 37.1 Å². The molecular formula is C11H16BrNO3S. The lowest BCUT2D eigenvalue weighted by molar-refractivity contribution is 0.207. The maximum absolute atomic E-state index is 11.8. The van der Waals surface area contributed by atoms with Crippen LogP contribution in [-0.4, -0.2) is 19.5 Å². The number of hydrogen-bond acceptors (Lipinski definition) is 4. The van der Waals surface area contributed by atoms with Gasteiger partial charge in [-0.15, -0.1) is 23.6 Å². The quantitative estimate of drug-likeness (QED) is 0.597. The average Bonchev–Trinajstić information content (AvgIpc) is 2.29. The highest BCUT2D eigenvalue weighted by atomic mass is 79.9. The Bertz CT molecular complexity index is 433. The van der Waals surface area contributed by atoms with E-state index in [2.05, 4.69) is 11.6 Å². The van der Waals surface area contributed by atoms with E-state index in [1.807, 2.05) is 6.92 Å². The molecule has 0 spiro atoms. The summed E-state index contributed by atoms with van der Waals surface area (Å²) in [5.41, 5.74) is 0. The molecule has 96 valence electrons. The molecule has 1 atom stereocenters. The van der Waals surface area contributed by atoms with Gasteiger partial charge in [-0.05, 0) is 25.0 Å². The number of rotatable bonds is 6. The second-order valence-electron chi connectivity index (χ2n) is 3.27. The molecule has 0 aliphatic rings. The molecule has 0 amide bonds. The lowest BCUT2D eigenvalue weighted by atomic mass is 10.2. The zero-order valence-corrected chi connectivity index (χ0v) is 12.1. The topological polar surface area (TPSA) is 56.3 Å². The van der Waals surface area contributed by atoms with Crippen LogP contribution in [0.15, 0.2) is 42.1 Å². The van der Waals surface area contributed by atoms with Crippen LogP contribution in [0.2, 0.25) is 0 Å². The Labute approximate surface area is 113 Å². The fraction of sp³-hybridized carbons (Fsp3) is 0.364. The summed E-state index contributed by atoms with van der Waals surface area (Å²) >= 11 is 0. The first-order chi connectivity index (χ1) is 7.60. The zero-order chi connectivity index (χ0) is 12.0. The van der Waals surface area contributed by atoms with E-state index < -0.39 is 10.1 Å². The number of nitrogens with zero attached hydrogens (tertiary/aromatic N) is 1. The molecule has 0 aliphatic carbocycles. The van der Waals surface area contributed by atoms with E-state index in [-0.39, 0.29) is 28.1 Å². The van der Waals surface area contributed by atoms with Gasteiger partial charge < -0.3 is 0 Å². The summed E-state index contributed by atoms with van der Waals surface area (Å²) in [4.78, 5) is 3.76. The summed E-state index contributed by atoms with van der Waals surface area (Å²) in [7, 11) is -3.75. The van der Waals surface area contributed by atoms with Crippen molar-refractivity contribution < 1.29 is 12.6 Å². The van der Waals surface area contributed by atoms with Crippen LogP contribution in [0.1, 0.15) is 19.8 Å². The molecule has 0 aromatic carbocycles. The number of hydrogen-bond donors (Lipinski definition) is 0. The third-order valence-electron chi connectivity index (χ3n) is 2.04. The molecule has 1 rings (SSSR count). The highest BCUT2D eigenvalue weighted by molar-refractivity contribution is 8.93. The van der Waals surface area contributed by atoms with E-state index in [0.29, 0.717) is 12.8 Å². The van der Waals surface area contributed by atoms with Gasteiger partial charge in [0.2, 0.25) is 0 Å². The van der Waals surface area contributed by atoms with Crippen molar-refractivity contribution in [1.29, 1.82) is 0 Å². The lowest BCUT2D eigenvalue weighted by Crippen LogP contribution is -2.18. The summed E-state index contributed by atoms with van der Waals surface area (Å²) in [6, 6.07) is 4.67. The summed E-state index contributed by atoms with van der Waals surface area (Å²) in [6.45, 7) is 5.42. The molecule has 1 heterocycles. The molecule has 0 aliphatic heterocycles. The van der Waals surface area contributed by atoms with Gasteiger partial charge in [0, 0.05) is 6.20 Å². The molecule has 4 nitrogen and oxygen atoms in total. The molecule has 1 aromatic heterocycles. The Hall–Kier alpha value is -0.720. The van der Waals surface area contributed by atoms with Crippen LogP contribution < -0.4 is 0 Å². The van der Waals surface area contributed by atoms with E-state index in [4.69, 9.17) is 4.18 Å². The van der Waals surface area contributed by atoms with Crippen LogP contribution in [0.25, 0.3) is 0 Å². The molecule has 1 unspecified atom stereocenters. The van der Waals surface area contributed by atoms with Gasteiger partial charge in [-0.3, -0.25) is 4.18 Å². The molecule has 0 fully saturated rings. The van der Waals surface area contributed by atoms with Crippen LogP contribution in [0.3, 0.4) is 0 Å². The van der Waals surface area contributed by atoms with Crippen molar-refractivity contribution in [3.63, 3.8) is 0 Å². The number of aromatic nitrogens is 1. The first kappa shape index (κ1) is 16.3. The minimum Gasteiger partial charge on any atom is -0.262 e. The third kappa shape index (κ3) is 4.97. The Balaban J connectivity index is 0.00000256. The first-order valence-corrected chi connectivity index (χ1v) is 6.46. The van der Waals surface area contributed by atoms with E-state index in [0.717, 1.165) is 0 Å². The molecule has 0 radical (unpaired) electrons. The maximum atomic E-state index is 11.8. The van der Waals surface area contributed by atoms with E-state index in [9.17, 15) is 8.42 Å². The molecular weight excluding hydrogens is 306 g/mol. The number of pyridine rings is 1. The highest BCUT2D eigenvalue weighted by Crippen LogP contribution is 2.14. The summed E-state index contributed by atoms with van der Waals surface area (Å²) < 4.78 is 28.6. The summed E-state index contributed by atoms with van der Waals surface area (Å²) in [5, 5.41) is -0.0579. The fourth-order valence-corrected chi connectivity index (χ4v) is 2.29. The highest BCUT2D eigenvalue weighted by Gasteiger charge is 2.20. The SMILES string of the molecule is Br.C=CCC(CC)OS(=O)(=O)c1ccccn1. The van der Waals surface area contributed by atoms with Gasteiger partial charge in [-0.2, -0.15) is 8.42 Å². The van der Waals surface area contributed by atoms with Crippen molar-refractivity contribution in [2.24, 2.45) is 0 Å². The van der Waals surface area contributed by atoms with Crippen molar-refractivity contribution in [3.8, 4) is 0 Å². The van der Waals surface area contributed by atoms with E-state index in [1.54, 1.807) is 18.2 Å². The molecule has 0 saturated carbocycles. The monoisotopic (exact) mass is 321 g/mol. The van der Waals surface area contributed by atoms with Crippen molar-refractivity contribution in [2.75, 3.05) is 0 Å². The average molecular weight is 322 g/mol. The minimum absolute atomic E-state index is 0. The predicted octanol–water partition coefficient (Wildman–Crippen LogP) is 2.72. The minimum atomic E-state index is -3.75. The smallest absolute Gasteiger partial charge is 0.262 e. The van der Waals surface area contributed by atoms with Gasteiger partial charge in [0.05, 0.1) is 6.10 Å². The molecule has 1 aromatic rings. The molecule has 0 N–H and O–H groups in total. The standard InChI is InChI=1S/C11H15NO3S.BrH/c1-3-7-10(4-2)15-16(13,14)11-8-5-6-9-12-11;/h3,5-6,8-10H,1,4,7H2,2H3;1H. The number of halogens is 1. The van der Waals surface area contributed by atoms with Gasteiger partial charge in [0.15, 0.2) is 5.03 Å². The normalized spacial score (nSPS) is 12.5. The van der Waals surface area contributed by atoms with Crippen molar-refractivity contribution in [1.82, 2.24) is 4.98 Å². The van der Waals surface area contributed by atoms with Crippen LogP contribution in [0.4, 0.5) is 0 Å². The van der Waals surface area contributed by atoms with E-state index >= 15 is 0 Å².